The maximum Gasteiger partial charge on any atom is 0.0871 e. The topological polar surface area (TPSA) is 41.0 Å². The molecule has 1 aliphatic carbocycles. The van der Waals surface area contributed by atoms with Crippen LogP contribution >= 0.6 is 45.3 Å². The van der Waals surface area contributed by atoms with Gasteiger partial charge in [0.05, 0.1) is 24.5 Å². The van der Waals surface area contributed by atoms with Crippen LogP contribution in [0.4, 0.5) is 0 Å². The minimum absolute atomic E-state index is 0.111. The van der Waals surface area contributed by atoms with Gasteiger partial charge in [-0.1, -0.05) is 140 Å². The van der Waals surface area contributed by atoms with Gasteiger partial charge in [-0.05, 0) is 94.0 Å². The van der Waals surface area contributed by atoms with Gasteiger partial charge in [0.1, 0.15) is 0 Å². The Morgan fingerprint density at radius 2 is 0.930 bits per heavy atom. The second kappa shape index (κ2) is 15.8. The van der Waals surface area contributed by atoms with E-state index < -0.39 is 0 Å². The molecule has 3 N–H and O–H groups in total. The van der Waals surface area contributed by atoms with Crippen LogP contribution in [0.15, 0.2) is 194 Å². The predicted molar refractivity (Wildman–Crippen MR) is 308 cm³/mol. The summed E-state index contributed by atoms with van der Waals surface area (Å²) in [7, 11) is 0. The zero-order valence-corrected chi connectivity index (χ0v) is 41.4. The first-order valence-electron chi connectivity index (χ1n) is 24.4. The third-order valence-electron chi connectivity index (χ3n) is 15.3. The van der Waals surface area contributed by atoms with Gasteiger partial charge in [0.15, 0.2) is 0 Å². The van der Waals surface area contributed by atoms with E-state index in [0.717, 1.165) is 6.42 Å². The van der Waals surface area contributed by atoms with Crippen LogP contribution < -0.4 is 16.0 Å². The van der Waals surface area contributed by atoms with Crippen molar-refractivity contribution in [1.82, 2.24) is 20.5 Å². The number of benzene rings is 9. The van der Waals surface area contributed by atoms with Crippen LogP contribution in [-0.4, -0.2) is 4.57 Å². The molecule has 0 amide bonds. The van der Waals surface area contributed by atoms with E-state index >= 15 is 0 Å². The first kappa shape index (κ1) is 40.7. The van der Waals surface area contributed by atoms with Gasteiger partial charge in [-0.25, -0.2) is 0 Å². The van der Waals surface area contributed by atoms with Crippen molar-refractivity contribution >= 4 is 144 Å². The first-order valence-corrected chi connectivity index (χ1v) is 27.7. The van der Waals surface area contributed by atoms with E-state index in [-0.39, 0.29) is 24.5 Å². The highest BCUT2D eigenvalue weighted by Crippen LogP contribution is 2.47. The number of hydrogen-bond acceptors (Lipinski definition) is 7. The number of aromatic nitrogens is 1. The third kappa shape index (κ3) is 6.30. The highest BCUT2D eigenvalue weighted by molar-refractivity contribution is 7.26. The molecular formula is C63H42N4S4. The molecule has 5 aromatic heterocycles. The largest absolute Gasteiger partial charge is 0.333 e. The van der Waals surface area contributed by atoms with Gasteiger partial charge >= 0.3 is 0 Å². The van der Waals surface area contributed by atoms with Gasteiger partial charge in [-0.15, -0.1) is 45.3 Å². The molecule has 338 valence electrons. The minimum atomic E-state index is -0.146. The Labute approximate surface area is 424 Å². The van der Waals surface area contributed by atoms with Crippen LogP contribution in [0.25, 0.3) is 110 Å². The van der Waals surface area contributed by atoms with Crippen molar-refractivity contribution in [3.63, 3.8) is 0 Å². The SMILES string of the molecule is C1=CC(n2c3ccccc3c3ccccc32)Cc2sc3cccc(-c4ccc5sc6cccc(C7NC(c8ccc9c(c8)sc8ccccc89)NC(c8ccc9c(c8)sc8ccccc89)N7)c6c5c4)c3c21. The lowest BCUT2D eigenvalue weighted by molar-refractivity contribution is 0.204. The highest BCUT2D eigenvalue weighted by Gasteiger charge is 2.32. The average Bonchev–Trinajstić information content (AvgIpc) is 4.25. The summed E-state index contributed by atoms with van der Waals surface area (Å²) < 4.78 is 11.8. The van der Waals surface area contributed by atoms with Crippen LogP contribution in [0.1, 0.15) is 51.7 Å². The summed E-state index contributed by atoms with van der Waals surface area (Å²) in [6, 6.07) is 70.6. The quantitative estimate of drug-likeness (QED) is 0.161. The molecule has 0 bridgehead atoms. The van der Waals surface area contributed by atoms with E-state index in [4.69, 9.17) is 0 Å². The average molecular weight is 983 g/mol. The van der Waals surface area contributed by atoms with Gasteiger partial charge in [0.2, 0.25) is 0 Å². The van der Waals surface area contributed by atoms with Crippen LogP contribution in [0.5, 0.6) is 0 Å². The monoisotopic (exact) mass is 982 g/mol. The van der Waals surface area contributed by atoms with E-state index in [1.54, 1.807) is 0 Å². The molecule has 3 atom stereocenters. The summed E-state index contributed by atoms with van der Waals surface area (Å²) in [5.74, 6) is 0. The number of thiophene rings is 4. The molecule has 0 spiro atoms. The maximum atomic E-state index is 4.11. The summed E-state index contributed by atoms with van der Waals surface area (Å²) in [5.41, 5.74) is 10.2. The Morgan fingerprint density at radius 1 is 0.394 bits per heavy atom. The molecule has 3 unspecified atom stereocenters. The van der Waals surface area contributed by atoms with Crippen molar-refractivity contribution < 1.29 is 0 Å². The van der Waals surface area contributed by atoms with Gasteiger partial charge in [0, 0.05) is 104 Å². The van der Waals surface area contributed by atoms with Crippen LogP contribution in [0, 0.1) is 0 Å². The van der Waals surface area contributed by atoms with E-state index in [1.807, 2.05) is 45.3 Å². The number of nitrogens with zero attached hydrogens (tertiary/aromatic N) is 1. The smallest absolute Gasteiger partial charge is 0.0871 e. The predicted octanol–water partition coefficient (Wildman–Crippen LogP) is 17.8. The van der Waals surface area contributed by atoms with Crippen LogP contribution in [0.3, 0.4) is 0 Å². The zero-order valence-electron chi connectivity index (χ0n) is 38.1. The molecular weight excluding hydrogens is 941 g/mol. The summed E-state index contributed by atoms with van der Waals surface area (Å²) in [4.78, 5) is 1.45. The van der Waals surface area contributed by atoms with Crippen molar-refractivity contribution in [1.29, 1.82) is 0 Å². The van der Waals surface area contributed by atoms with E-state index in [2.05, 4.69) is 221 Å². The molecule has 0 radical (unpaired) electrons. The summed E-state index contributed by atoms with van der Waals surface area (Å²) in [6.07, 6.45) is 5.47. The van der Waals surface area contributed by atoms with Crippen molar-refractivity contribution in [2.45, 2.75) is 31.0 Å². The number of fused-ring (bicyclic) bond motifs is 15. The molecule has 71 heavy (non-hydrogen) atoms. The molecule has 1 saturated heterocycles. The lowest BCUT2D eigenvalue weighted by Gasteiger charge is -2.40. The number of para-hydroxylation sites is 2. The van der Waals surface area contributed by atoms with Gasteiger partial charge in [-0.3, -0.25) is 16.0 Å². The summed E-state index contributed by atoms with van der Waals surface area (Å²) in [5, 5.41) is 24.1. The molecule has 4 nitrogen and oxygen atoms in total. The molecule has 9 aromatic carbocycles. The molecule has 16 rings (SSSR count). The Morgan fingerprint density at radius 3 is 1.61 bits per heavy atom. The Balaban J connectivity index is 0.804. The molecule has 1 aliphatic heterocycles. The Hall–Kier alpha value is -6.98. The Bertz CT molecular complexity index is 4370. The van der Waals surface area contributed by atoms with E-state index in [1.165, 1.54) is 131 Å². The zero-order chi connectivity index (χ0) is 46.3. The number of rotatable bonds is 5. The molecule has 6 heterocycles. The van der Waals surface area contributed by atoms with Crippen molar-refractivity contribution in [2.75, 3.05) is 0 Å². The van der Waals surface area contributed by atoms with Crippen molar-refractivity contribution in [3.05, 3.63) is 221 Å². The summed E-state index contributed by atoms with van der Waals surface area (Å²) in [6.45, 7) is 0. The van der Waals surface area contributed by atoms with Gasteiger partial charge < -0.3 is 4.57 Å². The fourth-order valence-corrected chi connectivity index (χ4v) is 16.8. The molecule has 8 heteroatoms. The lowest BCUT2D eigenvalue weighted by atomic mass is 9.93. The fraction of sp³-hybridized carbons (Fsp3) is 0.0794. The highest BCUT2D eigenvalue weighted by atomic mass is 32.1. The summed E-state index contributed by atoms with van der Waals surface area (Å²) >= 11 is 7.61. The fourth-order valence-electron chi connectivity index (χ4n) is 12.1. The number of allylic oxidation sites excluding steroid dienone is 1. The molecule has 0 saturated carbocycles. The molecule has 1 fully saturated rings. The maximum absolute atomic E-state index is 4.11. The first-order chi connectivity index (χ1) is 35.1. The van der Waals surface area contributed by atoms with Crippen molar-refractivity contribution in [2.24, 2.45) is 0 Å². The third-order valence-corrected chi connectivity index (χ3v) is 19.9. The standard InChI is InChI=1S/C63H42N4S4/c1-5-17-49-40(11-1)41-12-2-6-18-50(41)67(49)38-26-29-46-58(34-38)71-54-21-9-15-39(59(46)54)35-25-30-53-48(31-35)60-47(16-10-22-55(60)68-53)63-65-61(36-23-27-44-42-13-3-7-19-51(42)69-56(44)32-36)64-62(66-63)37-24-28-45-43-14-4-8-20-52(43)70-57(45)33-37/h1-33,38,61-66H,34H2. The Kier molecular flexibility index (Phi) is 9.04. The van der Waals surface area contributed by atoms with Crippen LogP contribution in [0.2, 0.25) is 0 Å². The van der Waals surface area contributed by atoms with Crippen molar-refractivity contribution in [3.8, 4) is 11.1 Å². The lowest BCUT2D eigenvalue weighted by Crippen LogP contribution is -2.54. The van der Waals surface area contributed by atoms with E-state index in [9.17, 15) is 0 Å². The minimum Gasteiger partial charge on any atom is -0.333 e. The second-order valence-corrected chi connectivity index (χ2v) is 23.6. The normalized spacial score (nSPS) is 18.4. The van der Waals surface area contributed by atoms with Crippen LogP contribution in [-0.2, 0) is 6.42 Å². The van der Waals surface area contributed by atoms with Gasteiger partial charge in [-0.2, -0.15) is 0 Å². The van der Waals surface area contributed by atoms with Gasteiger partial charge in [0.25, 0.3) is 0 Å². The second-order valence-electron chi connectivity index (χ2n) is 19.2. The van der Waals surface area contributed by atoms with E-state index in [0.29, 0.717) is 0 Å². The molecule has 2 aliphatic rings. The number of nitrogens with one attached hydrogen (secondary N) is 3. The molecule has 14 aromatic rings. The number of hydrogen-bond donors (Lipinski definition) is 3.